The largest absolute Gasteiger partial charge is 0.317 e. The first kappa shape index (κ1) is 10.7. The van der Waals surface area contributed by atoms with E-state index in [0.717, 1.165) is 24.8 Å². The molecule has 1 aliphatic carbocycles. The van der Waals surface area contributed by atoms with Crippen molar-refractivity contribution in [1.82, 2.24) is 15.6 Å². The zero-order valence-electron chi connectivity index (χ0n) is 9.75. The number of hydrogen-bond acceptors (Lipinski definition) is 4. The molecule has 0 radical (unpaired) electrons. The highest BCUT2D eigenvalue weighted by atomic mass is 32.1. The highest BCUT2D eigenvalue weighted by Crippen LogP contribution is 2.36. The van der Waals surface area contributed by atoms with Gasteiger partial charge in [0.15, 0.2) is 0 Å². The lowest BCUT2D eigenvalue weighted by Gasteiger charge is -2.37. The Morgan fingerprint density at radius 3 is 2.75 bits per heavy atom. The second kappa shape index (κ2) is 4.09. The van der Waals surface area contributed by atoms with Gasteiger partial charge >= 0.3 is 0 Å². The van der Waals surface area contributed by atoms with Crippen LogP contribution in [0.2, 0.25) is 0 Å². The third-order valence-corrected chi connectivity index (χ3v) is 4.71. The molecule has 3 rings (SSSR count). The molecule has 16 heavy (non-hydrogen) atoms. The van der Waals surface area contributed by atoms with Crippen molar-refractivity contribution in [3.8, 4) is 0 Å². The summed E-state index contributed by atoms with van der Waals surface area (Å²) in [7, 11) is 0. The maximum atomic E-state index is 4.72. The number of nitrogens with one attached hydrogen (secondary N) is 2. The number of hydrogen-bond donors (Lipinski definition) is 2. The highest BCUT2D eigenvalue weighted by molar-refractivity contribution is 7.09. The van der Waals surface area contributed by atoms with Gasteiger partial charge in [0, 0.05) is 17.1 Å². The van der Waals surface area contributed by atoms with Gasteiger partial charge in [0.2, 0.25) is 0 Å². The number of piperidine rings is 1. The fourth-order valence-electron chi connectivity index (χ4n) is 2.47. The average molecular weight is 237 g/mol. The maximum Gasteiger partial charge on any atom is 0.113 e. The summed E-state index contributed by atoms with van der Waals surface area (Å²) >= 11 is 1.82. The minimum atomic E-state index is 0.172. The Labute approximate surface area is 101 Å². The summed E-state index contributed by atoms with van der Waals surface area (Å²) in [5.74, 6) is 0. The van der Waals surface area contributed by atoms with Crippen LogP contribution in [-0.4, -0.2) is 24.1 Å². The molecular weight excluding hydrogens is 218 g/mol. The molecule has 88 valence electrons. The molecule has 0 atom stereocenters. The molecule has 1 aromatic rings. The van der Waals surface area contributed by atoms with E-state index < -0.39 is 0 Å². The van der Waals surface area contributed by atoms with Crippen LogP contribution >= 0.6 is 11.3 Å². The lowest BCUT2D eigenvalue weighted by Crippen LogP contribution is -2.50. The molecule has 1 aromatic heterocycles. The first-order chi connectivity index (χ1) is 7.78. The fraction of sp³-hybridized carbons (Fsp3) is 0.750. The van der Waals surface area contributed by atoms with Crippen molar-refractivity contribution in [1.29, 1.82) is 0 Å². The summed E-state index contributed by atoms with van der Waals surface area (Å²) in [4.78, 5) is 4.72. The summed E-state index contributed by atoms with van der Waals surface area (Å²) < 4.78 is 0. The van der Waals surface area contributed by atoms with Crippen molar-refractivity contribution in [3.05, 3.63) is 16.1 Å². The Kier molecular flexibility index (Phi) is 2.73. The monoisotopic (exact) mass is 237 g/mol. The topological polar surface area (TPSA) is 37.0 Å². The van der Waals surface area contributed by atoms with Crippen molar-refractivity contribution in [3.63, 3.8) is 0 Å². The van der Waals surface area contributed by atoms with Gasteiger partial charge in [-0.15, -0.1) is 11.3 Å². The first-order valence-electron chi connectivity index (χ1n) is 6.20. The van der Waals surface area contributed by atoms with Gasteiger partial charge in [0.1, 0.15) is 5.01 Å². The van der Waals surface area contributed by atoms with Crippen LogP contribution < -0.4 is 10.6 Å². The lowest BCUT2D eigenvalue weighted by atomic mass is 9.88. The molecule has 0 bridgehead atoms. The standard InChI is InChI=1S/C12H19N3S/c1-9-8-16-11(14-9)12(15-10-2-3-10)4-6-13-7-5-12/h8,10,13,15H,2-7H2,1H3. The van der Waals surface area contributed by atoms with Crippen molar-refractivity contribution < 1.29 is 0 Å². The van der Waals surface area contributed by atoms with Gasteiger partial charge in [-0.3, -0.25) is 0 Å². The SMILES string of the molecule is Cc1csc(C2(NC3CC3)CCNCC2)n1. The van der Waals surface area contributed by atoms with E-state index in [0.29, 0.717) is 0 Å². The second-order valence-corrected chi connectivity index (χ2v) is 5.90. The van der Waals surface area contributed by atoms with Gasteiger partial charge in [-0.05, 0) is 45.7 Å². The number of thiazole rings is 1. The van der Waals surface area contributed by atoms with Crippen LogP contribution in [0, 0.1) is 6.92 Å². The molecule has 0 amide bonds. The van der Waals surface area contributed by atoms with Crippen LogP contribution in [0.4, 0.5) is 0 Å². The van der Waals surface area contributed by atoms with Gasteiger partial charge in [-0.25, -0.2) is 4.98 Å². The predicted octanol–water partition coefficient (Wildman–Crippen LogP) is 1.78. The summed E-state index contributed by atoms with van der Waals surface area (Å²) in [5.41, 5.74) is 1.33. The van der Waals surface area contributed by atoms with E-state index in [1.807, 2.05) is 11.3 Å². The fourth-order valence-corrected chi connectivity index (χ4v) is 3.49. The highest BCUT2D eigenvalue weighted by Gasteiger charge is 2.40. The van der Waals surface area contributed by atoms with Crippen LogP contribution in [0.15, 0.2) is 5.38 Å². The van der Waals surface area contributed by atoms with Crippen molar-refractivity contribution >= 4 is 11.3 Å². The van der Waals surface area contributed by atoms with Crippen molar-refractivity contribution in [2.75, 3.05) is 13.1 Å². The van der Waals surface area contributed by atoms with E-state index in [1.165, 1.54) is 30.7 Å². The van der Waals surface area contributed by atoms with E-state index in [4.69, 9.17) is 4.98 Å². The van der Waals surface area contributed by atoms with Gasteiger partial charge in [-0.1, -0.05) is 0 Å². The molecule has 0 spiro atoms. The normalized spacial score (nSPS) is 24.6. The molecule has 2 aliphatic rings. The number of rotatable bonds is 3. The zero-order valence-corrected chi connectivity index (χ0v) is 10.6. The summed E-state index contributed by atoms with van der Waals surface area (Å²) in [5, 5.41) is 10.8. The van der Waals surface area contributed by atoms with E-state index in [-0.39, 0.29) is 5.54 Å². The molecule has 2 N–H and O–H groups in total. The quantitative estimate of drug-likeness (QED) is 0.841. The Bertz CT molecular complexity index is 364. The minimum Gasteiger partial charge on any atom is -0.317 e. The third-order valence-electron chi connectivity index (χ3n) is 3.54. The number of aromatic nitrogens is 1. The van der Waals surface area contributed by atoms with E-state index >= 15 is 0 Å². The average Bonchev–Trinajstić information content (AvgIpc) is 2.99. The van der Waals surface area contributed by atoms with E-state index in [1.54, 1.807) is 0 Å². The molecule has 0 unspecified atom stereocenters. The molecular formula is C12H19N3S. The summed E-state index contributed by atoms with van der Waals surface area (Å²) in [6, 6.07) is 0.752. The van der Waals surface area contributed by atoms with Crippen LogP contribution in [0.1, 0.15) is 36.4 Å². The van der Waals surface area contributed by atoms with Crippen LogP contribution in [0.3, 0.4) is 0 Å². The van der Waals surface area contributed by atoms with Crippen LogP contribution in [0.5, 0.6) is 0 Å². The number of nitrogens with zero attached hydrogens (tertiary/aromatic N) is 1. The molecule has 3 nitrogen and oxygen atoms in total. The number of aryl methyl sites for hydroxylation is 1. The Morgan fingerprint density at radius 2 is 2.19 bits per heavy atom. The summed E-state index contributed by atoms with van der Waals surface area (Å²) in [6.45, 7) is 4.31. The van der Waals surface area contributed by atoms with Crippen LogP contribution in [-0.2, 0) is 5.54 Å². The predicted molar refractivity (Wildman–Crippen MR) is 66.8 cm³/mol. The summed E-state index contributed by atoms with van der Waals surface area (Å²) in [6.07, 6.45) is 5.05. The Balaban J connectivity index is 1.86. The Morgan fingerprint density at radius 1 is 1.44 bits per heavy atom. The smallest absolute Gasteiger partial charge is 0.113 e. The van der Waals surface area contributed by atoms with Gasteiger partial charge < -0.3 is 10.6 Å². The van der Waals surface area contributed by atoms with Gasteiger partial charge in [0.05, 0.1) is 5.54 Å². The molecule has 1 saturated heterocycles. The molecule has 2 heterocycles. The van der Waals surface area contributed by atoms with E-state index in [9.17, 15) is 0 Å². The maximum absolute atomic E-state index is 4.72. The molecule has 0 aromatic carbocycles. The van der Waals surface area contributed by atoms with Crippen LogP contribution in [0.25, 0.3) is 0 Å². The van der Waals surface area contributed by atoms with Crippen molar-refractivity contribution in [2.24, 2.45) is 0 Å². The Hall–Kier alpha value is -0.450. The zero-order chi connectivity index (χ0) is 11.0. The molecule has 2 fully saturated rings. The molecule has 1 saturated carbocycles. The second-order valence-electron chi connectivity index (χ2n) is 5.04. The lowest BCUT2D eigenvalue weighted by molar-refractivity contribution is 0.242. The molecule has 4 heteroatoms. The first-order valence-corrected chi connectivity index (χ1v) is 7.07. The van der Waals surface area contributed by atoms with Gasteiger partial charge in [0.25, 0.3) is 0 Å². The minimum absolute atomic E-state index is 0.172. The molecule has 1 aliphatic heterocycles. The van der Waals surface area contributed by atoms with Crippen molar-refractivity contribution in [2.45, 2.75) is 44.2 Å². The van der Waals surface area contributed by atoms with E-state index in [2.05, 4.69) is 22.9 Å². The van der Waals surface area contributed by atoms with Gasteiger partial charge in [-0.2, -0.15) is 0 Å². The third kappa shape index (κ3) is 2.01.